The van der Waals surface area contributed by atoms with Crippen LogP contribution < -0.4 is 10.5 Å². The van der Waals surface area contributed by atoms with Gasteiger partial charge >= 0.3 is 6.61 Å². The van der Waals surface area contributed by atoms with Crippen LogP contribution >= 0.6 is 0 Å². The average Bonchev–Trinajstić information content (AvgIpc) is 3.40. The zero-order chi connectivity index (χ0) is 20.5. The predicted molar refractivity (Wildman–Crippen MR) is 104 cm³/mol. The van der Waals surface area contributed by atoms with Crippen LogP contribution in [0.4, 0.5) is 8.78 Å². The third-order valence-electron chi connectivity index (χ3n) is 3.88. The van der Waals surface area contributed by atoms with Crippen molar-refractivity contribution in [2.45, 2.75) is 19.7 Å². The first kappa shape index (κ1) is 20.2. The summed E-state index contributed by atoms with van der Waals surface area (Å²) in [5.74, 6) is 0.0179. The van der Waals surface area contributed by atoms with Crippen molar-refractivity contribution in [2.75, 3.05) is 0 Å². The van der Waals surface area contributed by atoms with Crippen LogP contribution in [0.3, 0.4) is 0 Å². The molecule has 0 saturated heterocycles. The van der Waals surface area contributed by atoms with Gasteiger partial charge in [0.05, 0.1) is 6.54 Å². The lowest BCUT2D eigenvalue weighted by Gasteiger charge is -2.07. The van der Waals surface area contributed by atoms with E-state index < -0.39 is 6.61 Å². The van der Waals surface area contributed by atoms with Crippen LogP contribution in [0, 0.1) is 0 Å². The molecule has 4 rings (SSSR count). The molecule has 7 nitrogen and oxygen atoms in total. The SMILES string of the molecule is NCc1cccc(-c2cc(Cn3cncn3)[nH]c2OC(F)F)c1.c1ccncc1. The molecule has 3 aromatic heterocycles. The number of hydrogen-bond acceptors (Lipinski definition) is 5. The molecule has 1 aromatic carbocycles. The molecule has 0 fully saturated rings. The van der Waals surface area contributed by atoms with Gasteiger partial charge in [0.15, 0.2) is 0 Å². The van der Waals surface area contributed by atoms with Gasteiger partial charge in [-0.2, -0.15) is 13.9 Å². The second-order valence-corrected chi connectivity index (χ2v) is 5.94. The lowest BCUT2D eigenvalue weighted by Crippen LogP contribution is -2.04. The highest BCUT2D eigenvalue weighted by atomic mass is 19.3. The number of nitrogens with two attached hydrogens (primary N) is 1. The fourth-order valence-electron chi connectivity index (χ4n) is 2.64. The number of nitrogens with one attached hydrogen (secondary N) is 1. The topological polar surface area (TPSA) is 94.6 Å². The third kappa shape index (κ3) is 5.94. The summed E-state index contributed by atoms with van der Waals surface area (Å²) in [5.41, 5.74) is 8.53. The first-order valence-corrected chi connectivity index (χ1v) is 8.79. The van der Waals surface area contributed by atoms with Crippen molar-refractivity contribution in [2.24, 2.45) is 5.73 Å². The number of ether oxygens (including phenoxy) is 1. The Balaban J connectivity index is 0.000000343. The molecular weight excluding hydrogens is 378 g/mol. The Labute approximate surface area is 166 Å². The minimum atomic E-state index is -2.91. The lowest BCUT2D eigenvalue weighted by atomic mass is 10.1. The van der Waals surface area contributed by atoms with Crippen LogP contribution in [0.2, 0.25) is 0 Å². The molecule has 4 aromatic rings. The Morgan fingerprint density at radius 2 is 1.90 bits per heavy atom. The summed E-state index contributed by atoms with van der Waals surface area (Å²) in [7, 11) is 0. The zero-order valence-corrected chi connectivity index (χ0v) is 15.5. The van der Waals surface area contributed by atoms with Crippen molar-refractivity contribution in [1.29, 1.82) is 0 Å². The van der Waals surface area contributed by atoms with Gasteiger partial charge in [-0.3, -0.25) is 4.98 Å². The van der Waals surface area contributed by atoms with Crippen molar-refractivity contribution >= 4 is 0 Å². The van der Waals surface area contributed by atoms with E-state index in [4.69, 9.17) is 5.73 Å². The predicted octanol–water partition coefficient (Wildman–Crippen LogP) is 3.46. The normalized spacial score (nSPS) is 10.5. The number of pyridine rings is 1. The average molecular weight is 398 g/mol. The van der Waals surface area contributed by atoms with Crippen LogP contribution in [0.1, 0.15) is 11.3 Å². The maximum Gasteiger partial charge on any atom is 0.388 e. The monoisotopic (exact) mass is 398 g/mol. The third-order valence-corrected chi connectivity index (χ3v) is 3.88. The summed E-state index contributed by atoms with van der Waals surface area (Å²) >= 11 is 0. The number of H-pyrrole nitrogens is 1. The van der Waals surface area contributed by atoms with Gasteiger partial charge < -0.3 is 15.5 Å². The van der Waals surface area contributed by atoms with E-state index in [9.17, 15) is 8.78 Å². The van der Waals surface area contributed by atoms with Gasteiger partial charge in [-0.1, -0.05) is 24.3 Å². The van der Waals surface area contributed by atoms with Gasteiger partial charge in [0.2, 0.25) is 5.88 Å². The molecule has 0 aliphatic heterocycles. The molecule has 0 spiro atoms. The van der Waals surface area contributed by atoms with E-state index in [-0.39, 0.29) is 5.88 Å². The van der Waals surface area contributed by atoms with Crippen molar-refractivity contribution < 1.29 is 13.5 Å². The van der Waals surface area contributed by atoms with Gasteiger partial charge in [-0.15, -0.1) is 0 Å². The minimum absolute atomic E-state index is 0.0179. The summed E-state index contributed by atoms with van der Waals surface area (Å²) in [6.45, 7) is -2.17. The van der Waals surface area contributed by atoms with Crippen LogP contribution in [-0.4, -0.2) is 31.3 Å². The van der Waals surface area contributed by atoms with Gasteiger partial charge in [0.1, 0.15) is 12.7 Å². The molecule has 0 aliphatic carbocycles. The lowest BCUT2D eigenvalue weighted by molar-refractivity contribution is -0.0521. The largest absolute Gasteiger partial charge is 0.418 e. The van der Waals surface area contributed by atoms with Crippen LogP contribution in [0.5, 0.6) is 5.88 Å². The second kappa shape index (κ2) is 10.1. The molecular formula is C20H20F2N6O. The van der Waals surface area contributed by atoms with E-state index in [2.05, 4.69) is 24.8 Å². The number of aromatic amines is 1. The van der Waals surface area contributed by atoms with Gasteiger partial charge in [0.25, 0.3) is 0 Å². The summed E-state index contributed by atoms with van der Waals surface area (Å²) < 4.78 is 31.5. The highest BCUT2D eigenvalue weighted by Crippen LogP contribution is 2.32. The Morgan fingerprint density at radius 3 is 2.48 bits per heavy atom. The molecule has 3 heterocycles. The second-order valence-electron chi connectivity index (χ2n) is 5.94. The quantitative estimate of drug-likeness (QED) is 0.519. The molecule has 0 unspecified atom stereocenters. The number of rotatable bonds is 6. The first-order valence-electron chi connectivity index (χ1n) is 8.79. The highest BCUT2D eigenvalue weighted by Gasteiger charge is 2.16. The van der Waals surface area contributed by atoms with Gasteiger partial charge in [0, 0.05) is 30.2 Å². The molecule has 0 amide bonds. The van der Waals surface area contributed by atoms with Crippen molar-refractivity contribution in [3.8, 4) is 17.0 Å². The van der Waals surface area contributed by atoms with Crippen LogP contribution in [0.25, 0.3) is 11.1 Å². The Morgan fingerprint density at radius 1 is 1.07 bits per heavy atom. The number of alkyl halides is 2. The van der Waals surface area contributed by atoms with Crippen molar-refractivity contribution in [3.05, 3.63) is 84.8 Å². The number of aromatic nitrogens is 5. The van der Waals surface area contributed by atoms with E-state index in [1.54, 1.807) is 29.5 Å². The standard InChI is InChI=1S/C15H15F2N5O.C5H5N/c16-15(17)23-14-13(11-3-1-2-10(4-11)6-18)5-12(21-14)7-22-9-19-8-20-22;1-2-4-6-5-3-1/h1-5,8-9,15,21H,6-7,18H2;1-5H. The van der Waals surface area contributed by atoms with E-state index in [0.717, 1.165) is 11.1 Å². The van der Waals surface area contributed by atoms with E-state index >= 15 is 0 Å². The maximum absolute atomic E-state index is 12.7. The first-order chi connectivity index (χ1) is 14.2. The molecule has 0 saturated carbocycles. The number of hydrogen-bond donors (Lipinski definition) is 2. The Hall–Kier alpha value is -3.59. The molecule has 0 atom stereocenters. The summed E-state index contributed by atoms with van der Waals surface area (Å²) in [4.78, 5) is 10.5. The fourth-order valence-corrected chi connectivity index (χ4v) is 2.64. The van der Waals surface area contributed by atoms with Crippen LogP contribution in [0.15, 0.2) is 73.6 Å². The molecule has 0 radical (unpaired) electrons. The highest BCUT2D eigenvalue weighted by molar-refractivity contribution is 5.70. The Kier molecular flexibility index (Phi) is 7.01. The van der Waals surface area contributed by atoms with Crippen LogP contribution in [-0.2, 0) is 13.1 Å². The fraction of sp³-hybridized carbons (Fsp3) is 0.150. The van der Waals surface area contributed by atoms with Crippen molar-refractivity contribution in [1.82, 2.24) is 24.7 Å². The van der Waals surface area contributed by atoms with E-state index in [0.29, 0.717) is 24.3 Å². The molecule has 3 N–H and O–H groups in total. The summed E-state index contributed by atoms with van der Waals surface area (Å²) in [5, 5.41) is 3.99. The molecule has 150 valence electrons. The zero-order valence-electron chi connectivity index (χ0n) is 15.5. The molecule has 29 heavy (non-hydrogen) atoms. The molecule has 0 bridgehead atoms. The van der Waals surface area contributed by atoms with Gasteiger partial charge in [-0.05, 0) is 35.4 Å². The summed E-state index contributed by atoms with van der Waals surface area (Å²) in [6.07, 6.45) is 6.45. The molecule has 0 aliphatic rings. The minimum Gasteiger partial charge on any atom is -0.418 e. The molecule has 9 heteroatoms. The number of nitrogens with zero attached hydrogens (tertiary/aromatic N) is 4. The van der Waals surface area contributed by atoms with Crippen molar-refractivity contribution in [3.63, 3.8) is 0 Å². The van der Waals surface area contributed by atoms with E-state index in [1.807, 2.05) is 42.5 Å². The Bertz CT molecular complexity index is 963. The maximum atomic E-state index is 12.7. The van der Waals surface area contributed by atoms with E-state index in [1.165, 1.54) is 6.33 Å². The smallest absolute Gasteiger partial charge is 0.388 e. The summed E-state index contributed by atoms with van der Waals surface area (Å²) in [6, 6.07) is 14.8. The van der Waals surface area contributed by atoms with Gasteiger partial charge in [-0.25, -0.2) is 9.67 Å². The number of benzene rings is 1. The number of halogens is 2.